The number of anilines is 2. The van der Waals surface area contributed by atoms with Gasteiger partial charge >= 0.3 is 0 Å². The first-order valence-electron chi connectivity index (χ1n) is 17.5. The second kappa shape index (κ2) is 16.0. The van der Waals surface area contributed by atoms with Gasteiger partial charge in [0.25, 0.3) is 10.0 Å². The van der Waals surface area contributed by atoms with Crippen molar-refractivity contribution in [3.63, 3.8) is 0 Å². The second-order valence-corrected chi connectivity index (χ2v) is 19.2. The summed E-state index contributed by atoms with van der Waals surface area (Å²) >= 11 is 1.30. The minimum Gasteiger partial charge on any atom is -0.351 e. The third-order valence-corrected chi connectivity index (χ3v) is 13.2. The molecule has 1 aliphatic rings. The molecule has 0 unspecified atom stereocenters. The first kappa shape index (κ1) is 40.2. The number of nitrogens with zero attached hydrogens (tertiary/aromatic N) is 5. The summed E-state index contributed by atoms with van der Waals surface area (Å²) in [6.07, 6.45) is 3.84. The summed E-state index contributed by atoms with van der Waals surface area (Å²) in [5.74, 6) is -3.31. The van der Waals surface area contributed by atoms with Gasteiger partial charge in [-0.1, -0.05) is 57.2 Å². The fraction of sp³-hybridized carbons (Fsp3) is 0.342. The lowest BCUT2D eigenvalue weighted by Gasteiger charge is -2.30. The van der Waals surface area contributed by atoms with Gasteiger partial charge in [-0.2, -0.15) is 0 Å². The van der Waals surface area contributed by atoms with Crippen molar-refractivity contribution in [2.75, 3.05) is 36.4 Å². The Labute approximate surface area is 323 Å². The number of hydrogen-bond acceptors (Lipinski definition) is 10. The maximum atomic E-state index is 16.5. The van der Waals surface area contributed by atoms with Crippen molar-refractivity contribution in [2.24, 2.45) is 0 Å². The molecule has 0 spiro atoms. The van der Waals surface area contributed by atoms with Crippen LogP contribution in [0.1, 0.15) is 49.7 Å². The van der Waals surface area contributed by atoms with E-state index >= 15 is 13.2 Å². The maximum absolute atomic E-state index is 16.5. The normalized spacial score (nSPS) is 14.7. The molecule has 6 rings (SSSR count). The van der Waals surface area contributed by atoms with Crippen LogP contribution in [0.15, 0.2) is 77.8 Å². The van der Waals surface area contributed by atoms with E-state index in [1.165, 1.54) is 34.0 Å². The summed E-state index contributed by atoms with van der Waals surface area (Å²) in [6.45, 7) is 7.22. The molecular formula is C38H42F3N7O4S3. The minimum atomic E-state index is -4.94. The number of aromatic nitrogens is 3. The van der Waals surface area contributed by atoms with E-state index in [-0.39, 0.29) is 29.4 Å². The summed E-state index contributed by atoms with van der Waals surface area (Å²) in [4.78, 5) is 14.9. The van der Waals surface area contributed by atoms with E-state index in [1.54, 1.807) is 19.3 Å². The van der Waals surface area contributed by atoms with E-state index in [9.17, 15) is 16.8 Å². The van der Waals surface area contributed by atoms with E-state index < -0.39 is 53.5 Å². The number of benzene rings is 3. The maximum Gasteiger partial charge on any atom is 0.267 e. The molecule has 0 atom stereocenters. The molecule has 1 fully saturated rings. The zero-order valence-electron chi connectivity index (χ0n) is 31.0. The Hall–Kier alpha value is -4.42. The number of sulfonamides is 2. The third kappa shape index (κ3) is 9.52. The van der Waals surface area contributed by atoms with Crippen molar-refractivity contribution in [2.45, 2.75) is 63.1 Å². The SMILES string of the molecule is CN(Cc1ccccc1)Cc1cc(F)c(S(=O)(=O)Nc2cccc(-c3nc(C(C)(C)C)sc3-c3ccnc(NC4CCN(S(C)(=O)=O)CC4)n3)c2F)c(F)c1. The zero-order chi connectivity index (χ0) is 39.7. The topological polar surface area (TPSA) is 137 Å². The summed E-state index contributed by atoms with van der Waals surface area (Å²) in [7, 11) is -6.45. The Balaban J connectivity index is 1.26. The van der Waals surface area contributed by atoms with E-state index in [4.69, 9.17) is 9.97 Å². The smallest absolute Gasteiger partial charge is 0.267 e. The van der Waals surface area contributed by atoms with Crippen molar-refractivity contribution >= 4 is 43.0 Å². The van der Waals surface area contributed by atoms with Crippen molar-refractivity contribution < 1.29 is 30.0 Å². The van der Waals surface area contributed by atoms with Gasteiger partial charge in [0.05, 0.1) is 33.2 Å². The highest BCUT2D eigenvalue weighted by molar-refractivity contribution is 7.92. The molecule has 0 radical (unpaired) electrons. The quantitative estimate of drug-likeness (QED) is 0.134. The Bertz CT molecular complexity index is 2380. The Kier molecular flexibility index (Phi) is 11.7. The van der Waals surface area contributed by atoms with Crippen LogP contribution in [0.3, 0.4) is 0 Å². The Morgan fingerprint density at radius 2 is 1.55 bits per heavy atom. The van der Waals surface area contributed by atoms with E-state index in [0.29, 0.717) is 54.0 Å². The molecule has 0 bridgehead atoms. The molecule has 0 saturated carbocycles. The molecule has 1 saturated heterocycles. The lowest BCUT2D eigenvalue weighted by atomic mass is 9.98. The number of hydrogen-bond donors (Lipinski definition) is 2. The molecule has 3 aromatic carbocycles. The molecule has 17 heteroatoms. The number of piperidine rings is 1. The molecule has 3 heterocycles. The van der Waals surface area contributed by atoms with E-state index in [1.807, 2.05) is 56.0 Å². The van der Waals surface area contributed by atoms with Crippen LogP contribution in [-0.2, 0) is 38.6 Å². The van der Waals surface area contributed by atoms with Crippen molar-refractivity contribution in [3.8, 4) is 21.8 Å². The van der Waals surface area contributed by atoms with E-state index in [2.05, 4.69) is 15.0 Å². The lowest BCUT2D eigenvalue weighted by Crippen LogP contribution is -2.42. The molecule has 11 nitrogen and oxygen atoms in total. The zero-order valence-corrected chi connectivity index (χ0v) is 33.4. The van der Waals surface area contributed by atoms with Gasteiger partial charge in [-0.3, -0.25) is 9.62 Å². The molecule has 0 aliphatic carbocycles. The van der Waals surface area contributed by atoms with Crippen LogP contribution in [0.5, 0.6) is 0 Å². The first-order valence-corrected chi connectivity index (χ1v) is 21.6. The number of halogens is 3. The van der Waals surface area contributed by atoms with Crippen LogP contribution in [0, 0.1) is 17.5 Å². The van der Waals surface area contributed by atoms with Gasteiger partial charge in [0, 0.05) is 49.4 Å². The molecule has 292 valence electrons. The second-order valence-electron chi connectivity index (χ2n) is 14.6. The van der Waals surface area contributed by atoms with Crippen LogP contribution in [0.25, 0.3) is 21.8 Å². The summed E-state index contributed by atoms with van der Waals surface area (Å²) < 4.78 is 102. The fourth-order valence-corrected chi connectivity index (χ4v) is 9.44. The van der Waals surface area contributed by atoms with Gasteiger partial charge in [0.2, 0.25) is 16.0 Å². The van der Waals surface area contributed by atoms with Gasteiger partial charge in [0.1, 0.15) is 11.6 Å². The molecule has 2 N–H and O–H groups in total. The minimum absolute atomic E-state index is 0.0547. The van der Waals surface area contributed by atoms with Crippen molar-refractivity contribution in [1.29, 1.82) is 0 Å². The molecular weight excluding hydrogens is 772 g/mol. The molecule has 55 heavy (non-hydrogen) atoms. The molecule has 5 aromatic rings. The average molecular weight is 814 g/mol. The predicted molar refractivity (Wildman–Crippen MR) is 209 cm³/mol. The van der Waals surface area contributed by atoms with Crippen LogP contribution < -0.4 is 10.0 Å². The van der Waals surface area contributed by atoms with Crippen LogP contribution in [0.4, 0.5) is 24.8 Å². The first-order chi connectivity index (χ1) is 25.9. The average Bonchev–Trinajstić information content (AvgIpc) is 3.55. The van der Waals surface area contributed by atoms with Crippen LogP contribution in [-0.4, -0.2) is 73.4 Å². The number of rotatable bonds is 12. The van der Waals surface area contributed by atoms with E-state index in [0.717, 1.165) is 23.8 Å². The number of nitrogens with one attached hydrogen (secondary N) is 2. The Morgan fingerprint density at radius 3 is 2.18 bits per heavy atom. The highest BCUT2D eigenvalue weighted by Gasteiger charge is 2.30. The largest absolute Gasteiger partial charge is 0.351 e. The number of thiazole rings is 1. The van der Waals surface area contributed by atoms with Gasteiger partial charge in [-0.05, 0) is 61.3 Å². The van der Waals surface area contributed by atoms with Gasteiger partial charge < -0.3 is 5.32 Å². The van der Waals surface area contributed by atoms with Gasteiger partial charge in [-0.25, -0.2) is 49.3 Å². The fourth-order valence-electron chi connectivity index (χ4n) is 6.28. The monoisotopic (exact) mass is 813 g/mol. The highest BCUT2D eigenvalue weighted by atomic mass is 32.2. The van der Waals surface area contributed by atoms with Crippen molar-refractivity contribution in [3.05, 3.63) is 107 Å². The van der Waals surface area contributed by atoms with Gasteiger partial charge in [-0.15, -0.1) is 11.3 Å². The lowest BCUT2D eigenvalue weighted by molar-refractivity contribution is 0.317. The predicted octanol–water partition coefficient (Wildman–Crippen LogP) is 7.25. The summed E-state index contributed by atoms with van der Waals surface area (Å²) in [5, 5.41) is 3.93. The molecule has 0 amide bonds. The molecule has 2 aromatic heterocycles. The highest BCUT2D eigenvalue weighted by Crippen LogP contribution is 2.42. The Morgan fingerprint density at radius 1 is 0.891 bits per heavy atom. The van der Waals surface area contributed by atoms with Gasteiger partial charge in [0.15, 0.2) is 10.7 Å². The molecule has 1 aliphatic heterocycles. The summed E-state index contributed by atoms with van der Waals surface area (Å²) in [5.41, 5.74) is 0.821. The van der Waals surface area contributed by atoms with Crippen LogP contribution in [0.2, 0.25) is 0 Å². The summed E-state index contributed by atoms with van der Waals surface area (Å²) in [6, 6.07) is 17.0. The third-order valence-electron chi connectivity index (χ3n) is 8.99. The standard InChI is InChI=1S/C38H42F3N7O4S3/c1-38(2,3)36-45-33(34(53-36)31-14-17-42-37(44-31)43-26-15-18-48(19-16-26)54(5,49)50)27-12-9-13-30(32(27)41)46-55(51,52)35-28(39)20-25(21-29(35)40)23-47(4)22-24-10-7-6-8-11-24/h6-14,17,20-21,26,46H,15-16,18-19,22-23H2,1-5H3,(H,42,43,44). The van der Waals surface area contributed by atoms with Crippen molar-refractivity contribution in [1.82, 2.24) is 24.2 Å². The van der Waals surface area contributed by atoms with Crippen LogP contribution >= 0.6 is 11.3 Å².